The van der Waals surface area contributed by atoms with E-state index in [-0.39, 0.29) is 16.9 Å². The van der Waals surface area contributed by atoms with E-state index in [0.29, 0.717) is 12.1 Å². The summed E-state index contributed by atoms with van der Waals surface area (Å²) in [5, 5.41) is 3.06. The molecule has 1 aromatic heterocycles. The minimum Gasteiger partial charge on any atom is -0.351 e. The summed E-state index contributed by atoms with van der Waals surface area (Å²) in [6, 6.07) is 13.4. The lowest BCUT2D eigenvalue weighted by atomic mass is 9.72. The Hall–Kier alpha value is -2.40. The summed E-state index contributed by atoms with van der Waals surface area (Å²) in [7, 11) is 2.13. The van der Waals surface area contributed by atoms with E-state index in [1.165, 1.54) is 17.8 Å². The zero-order valence-corrected chi connectivity index (χ0v) is 13.9. The Morgan fingerprint density at radius 1 is 1.17 bits per heavy atom. The molecule has 5 nitrogen and oxygen atoms in total. The summed E-state index contributed by atoms with van der Waals surface area (Å²) in [6.07, 6.45) is 3.49. The van der Waals surface area contributed by atoms with Crippen molar-refractivity contribution in [3.05, 3.63) is 70.1 Å². The lowest BCUT2D eigenvalue weighted by Crippen LogP contribution is -2.48. The molecule has 0 aliphatic carbocycles. The molecule has 1 aliphatic rings. The molecule has 1 saturated heterocycles. The maximum atomic E-state index is 12.4. The van der Waals surface area contributed by atoms with Gasteiger partial charge in [-0.1, -0.05) is 30.3 Å². The Labute approximate surface area is 141 Å². The number of nitrogens with one attached hydrogen (secondary N) is 2. The van der Waals surface area contributed by atoms with Gasteiger partial charge in [0.2, 0.25) is 5.56 Å². The second-order valence-corrected chi connectivity index (χ2v) is 6.57. The van der Waals surface area contributed by atoms with Crippen molar-refractivity contribution < 1.29 is 4.79 Å². The van der Waals surface area contributed by atoms with Crippen LogP contribution in [-0.4, -0.2) is 42.5 Å². The summed E-state index contributed by atoms with van der Waals surface area (Å²) >= 11 is 0. The lowest BCUT2D eigenvalue weighted by Gasteiger charge is -2.41. The van der Waals surface area contributed by atoms with Gasteiger partial charge in [-0.3, -0.25) is 9.59 Å². The third-order valence-electron chi connectivity index (χ3n) is 4.96. The number of carbonyl (C=O) groups excluding carboxylic acids is 1. The smallest absolute Gasteiger partial charge is 0.252 e. The monoisotopic (exact) mass is 325 g/mol. The van der Waals surface area contributed by atoms with E-state index < -0.39 is 0 Å². The number of likely N-dealkylation sites (tertiary alicyclic amines) is 1. The molecule has 0 radical (unpaired) electrons. The van der Waals surface area contributed by atoms with Gasteiger partial charge in [-0.25, -0.2) is 0 Å². The number of aromatic amines is 1. The SMILES string of the molecule is CN1CCC(CNC(=O)c2ccc(=O)[nH]c2)(c2ccccc2)CC1. The van der Waals surface area contributed by atoms with Gasteiger partial charge in [-0.05, 0) is 44.6 Å². The highest BCUT2D eigenvalue weighted by molar-refractivity contribution is 5.93. The Morgan fingerprint density at radius 3 is 2.50 bits per heavy atom. The molecule has 1 aromatic carbocycles. The Kier molecular flexibility index (Phi) is 4.81. The van der Waals surface area contributed by atoms with Crippen molar-refractivity contribution in [2.45, 2.75) is 18.3 Å². The van der Waals surface area contributed by atoms with Gasteiger partial charge in [0.15, 0.2) is 0 Å². The van der Waals surface area contributed by atoms with Crippen molar-refractivity contribution in [3.8, 4) is 0 Å². The summed E-state index contributed by atoms with van der Waals surface area (Å²) in [5.41, 5.74) is 1.51. The minimum absolute atomic E-state index is 0.0361. The van der Waals surface area contributed by atoms with Gasteiger partial charge in [0.1, 0.15) is 0 Å². The summed E-state index contributed by atoms with van der Waals surface area (Å²) < 4.78 is 0. The number of piperidine rings is 1. The average Bonchev–Trinajstić information content (AvgIpc) is 2.63. The number of pyridine rings is 1. The molecule has 126 valence electrons. The molecule has 5 heteroatoms. The molecule has 1 aliphatic heterocycles. The van der Waals surface area contributed by atoms with E-state index in [0.717, 1.165) is 25.9 Å². The second-order valence-electron chi connectivity index (χ2n) is 6.57. The molecule has 0 unspecified atom stereocenters. The lowest BCUT2D eigenvalue weighted by molar-refractivity contribution is 0.0927. The Morgan fingerprint density at radius 2 is 1.88 bits per heavy atom. The van der Waals surface area contributed by atoms with Crippen LogP contribution in [0.25, 0.3) is 0 Å². The van der Waals surface area contributed by atoms with Crippen LogP contribution in [0.2, 0.25) is 0 Å². The van der Waals surface area contributed by atoms with Gasteiger partial charge in [-0.2, -0.15) is 0 Å². The zero-order valence-electron chi connectivity index (χ0n) is 13.9. The van der Waals surface area contributed by atoms with E-state index in [4.69, 9.17) is 0 Å². The van der Waals surface area contributed by atoms with Crippen molar-refractivity contribution in [1.29, 1.82) is 0 Å². The first-order valence-electron chi connectivity index (χ1n) is 8.30. The fraction of sp³-hybridized carbons (Fsp3) is 0.368. The molecule has 2 aromatic rings. The average molecular weight is 325 g/mol. The van der Waals surface area contributed by atoms with E-state index in [1.54, 1.807) is 6.07 Å². The van der Waals surface area contributed by atoms with Crippen molar-refractivity contribution >= 4 is 5.91 Å². The molecular formula is C19H23N3O2. The maximum absolute atomic E-state index is 12.4. The molecule has 0 saturated carbocycles. The molecule has 24 heavy (non-hydrogen) atoms. The zero-order chi connectivity index (χ0) is 17.0. The van der Waals surface area contributed by atoms with Crippen LogP contribution >= 0.6 is 0 Å². The van der Waals surface area contributed by atoms with Gasteiger partial charge in [-0.15, -0.1) is 0 Å². The highest BCUT2D eigenvalue weighted by Gasteiger charge is 2.35. The number of benzene rings is 1. The summed E-state index contributed by atoms with van der Waals surface area (Å²) in [6.45, 7) is 2.63. The van der Waals surface area contributed by atoms with Crippen molar-refractivity contribution in [3.63, 3.8) is 0 Å². The van der Waals surface area contributed by atoms with Crippen LogP contribution in [0.5, 0.6) is 0 Å². The van der Waals surface area contributed by atoms with E-state index in [2.05, 4.69) is 46.5 Å². The van der Waals surface area contributed by atoms with Gasteiger partial charge >= 0.3 is 0 Å². The number of hydrogen-bond acceptors (Lipinski definition) is 3. The molecule has 0 bridgehead atoms. The van der Waals surface area contributed by atoms with Gasteiger partial charge in [0.05, 0.1) is 5.56 Å². The number of nitrogens with zero attached hydrogens (tertiary/aromatic N) is 1. The van der Waals surface area contributed by atoms with Gasteiger partial charge in [0.25, 0.3) is 5.91 Å². The standard InChI is InChI=1S/C19H23N3O2/c1-22-11-9-19(10-12-22,16-5-3-2-4-6-16)14-21-18(24)15-7-8-17(23)20-13-15/h2-8,13H,9-12,14H2,1H3,(H,20,23)(H,21,24). The molecular weight excluding hydrogens is 302 g/mol. The molecule has 1 fully saturated rings. The first kappa shape index (κ1) is 16.5. The van der Waals surface area contributed by atoms with E-state index in [9.17, 15) is 9.59 Å². The van der Waals surface area contributed by atoms with Crippen LogP contribution in [0.1, 0.15) is 28.8 Å². The predicted octanol–water partition coefficient (Wildman–Crippen LogP) is 1.77. The highest BCUT2D eigenvalue weighted by atomic mass is 16.1. The minimum atomic E-state index is -0.206. The third kappa shape index (κ3) is 3.57. The fourth-order valence-corrected chi connectivity index (χ4v) is 3.31. The topological polar surface area (TPSA) is 65.2 Å². The first-order chi connectivity index (χ1) is 11.6. The molecule has 0 spiro atoms. The van der Waals surface area contributed by atoms with E-state index in [1.807, 2.05) is 6.07 Å². The van der Waals surface area contributed by atoms with Crippen molar-refractivity contribution in [2.24, 2.45) is 0 Å². The number of hydrogen-bond donors (Lipinski definition) is 2. The van der Waals surface area contributed by atoms with Crippen LogP contribution < -0.4 is 10.9 Å². The molecule has 0 atom stereocenters. The number of rotatable bonds is 4. The summed E-state index contributed by atoms with van der Waals surface area (Å²) in [5.74, 6) is -0.152. The van der Waals surface area contributed by atoms with Crippen LogP contribution in [0.15, 0.2) is 53.5 Å². The van der Waals surface area contributed by atoms with E-state index >= 15 is 0 Å². The predicted molar refractivity (Wildman–Crippen MR) is 94.2 cm³/mol. The van der Waals surface area contributed by atoms with Crippen LogP contribution in [0, 0.1) is 0 Å². The second kappa shape index (κ2) is 7.01. The summed E-state index contributed by atoms with van der Waals surface area (Å²) in [4.78, 5) is 28.4. The van der Waals surface area contributed by atoms with Gasteiger partial charge < -0.3 is 15.2 Å². The quantitative estimate of drug-likeness (QED) is 0.900. The third-order valence-corrected chi connectivity index (χ3v) is 4.96. The molecule has 1 amide bonds. The number of carbonyl (C=O) groups is 1. The highest BCUT2D eigenvalue weighted by Crippen LogP contribution is 2.34. The van der Waals surface area contributed by atoms with Crippen molar-refractivity contribution in [1.82, 2.24) is 15.2 Å². The Bertz CT molecular complexity index is 726. The van der Waals surface area contributed by atoms with Crippen LogP contribution in [0.3, 0.4) is 0 Å². The first-order valence-corrected chi connectivity index (χ1v) is 8.30. The molecule has 3 rings (SSSR count). The van der Waals surface area contributed by atoms with Crippen molar-refractivity contribution in [2.75, 3.05) is 26.7 Å². The normalized spacial score (nSPS) is 17.4. The molecule has 2 heterocycles. The van der Waals surface area contributed by atoms with Crippen LogP contribution in [0.4, 0.5) is 0 Å². The number of aromatic nitrogens is 1. The van der Waals surface area contributed by atoms with Crippen LogP contribution in [-0.2, 0) is 5.41 Å². The Balaban J connectivity index is 1.76. The largest absolute Gasteiger partial charge is 0.351 e. The molecule has 2 N–H and O–H groups in total. The fourth-order valence-electron chi connectivity index (χ4n) is 3.31. The van der Waals surface area contributed by atoms with Gasteiger partial charge in [0, 0.05) is 24.2 Å². The maximum Gasteiger partial charge on any atom is 0.252 e. The number of amides is 1. The number of H-pyrrole nitrogens is 1.